The molecule has 0 fully saturated rings. The number of methoxy groups -OCH3 is 2. The van der Waals surface area contributed by atoms with Gasteiger partial charge in [0.15, 0.2) is 5.17 Å². The van der Waals surface area contributed by atoms with E-state index >= 15 is 0 Å². The third kappa shape index (κ3) is 2.09. The highest BCUT2D eigenvalue weighted by Crippen LogP contribution is 2.25. The summed E-state index contributed by atoms with van der Waals surface area (Å²) in [4.78, 5) is 0. The first-order valence-electron chi connectivity index (χ1n) is 3.83. The molecule has 0 atom stereocenters. The van der Waals surface area contributed by atoms with Crippen molar-refractivity contribution in [1.82, 2.24) is 0 Å². The van der Waals surface area contributed by atoms with Gasteiger partial charge in [-0.3, -0.25) is 0 Å². The summed E-state index contributed by atoms with van der Waals surface area (Å²) < 4.78 is 10.0. The van der Waals surface area contributed by atoms with Crippen molar-refractivity contribution in [2.24, 2.45) is 5.16 Å². The lowest BCUT2D eigenvalue weighted by atomic mass is 10.2. The predicted molar refractivity (Wildman–Crippen MR) is 53.7 cm³/mol. The number of rotatable bonds is 3. The lowest BCUT2D eigenvalue weighted by Gasteiger charge is -2.07. The highest BCUT2D eigenvalue weighted by molar-refractivity contribution is 6.69. The molecule has 5 heteroatoms. The maximum absolute atomic E-state index is 8.53. The SMILES string of the molecule is COc1ccc(OC)c(/C(Cl)=N\O)c1. The fourth-order valence-electron chi connectivity index (χ4n) is 1.03. The second-order valence-corrected chi connectivity index (χ2v) is 2.82. The van der Waals surface area contributed by atoms with Crippen LogP contribution in [0.4, 0.5) is 0 Å². The number of ether oxygens (including phenoxy) is 2. The van der Waals surface area contributed by atoms with E-state index in [0.717, 1.165) is 0 Å². The summed E-state index contributed by atoms with van der Waals surface area (Å²) in [6.07, 6.45) is 0. The number of oxime groups is 1. The molecule has 1 aromatic rings. The maximum atomic E-state index is 8.53. The highest BCUT2D eigenvalue weighted by atomic mass is 35.5. The highest BCUT2D eigenvalue weighted by Gasteiger charge is 2.09. The van der Waals surface area contributed by atoms with Crippen molar-refractivity contribution in [3.63, 3.8) is 0 Å². The molecule has 0 saturated carbocycles. The summed E-state index contributed by atoms with van der Waals surface area (Å²) in [5, 5.41) is 11.4. The van der Waals surface area contributed by atoms with Crippen LogP contribution in [0.3, 0.4) is 0 Å². The molecular formula is C9H10ClNO3. The lowest BCUT2D eigenvalue weighted by Crippen LogP contribution is -1.97. The van der Waals surface area contributed by atoms with Gasteiger partial charge in [0.1, 0.15) is 11.5 Å². The normalized spacial score (nSPS) is 11.2. The maximum Gasteiger partial charge on any atom is 0.179 e. The number of halogens is 1. The van der Waals surface area contributed by atoms with E-state index in [1.165, 1.54) is 14.2 Å². The first-order valence-corrected chi connectivity index (χ1v) is 4.20. The summed E-state index contributed by atoms with van der Waals surface area (Å²) in [5.74, 6) is 1.14. The zero-order valence-electron chi connectivity index (χ0n) is 7.82. The fraction of sp³-hybridized carbons (Fsp3) is 0.222. The average molecular weight is 216 g/mol. The summed E-state index contributed by atoms with van der Waals surface area (Å²) in [6.45, 7) is 0. The molecule has 0 saturated heterocycles. The Kier molecular flexibility index (Phi) is 3.59. The monoisotopic (exact) mass is 215 g/mol. The zero-order valence-corrected chi connectivity index (χ0v) is 8.58. The lowest BCUT2D eigenvalue weighted by molar-refractivity contribution is 0.320. The summed E-state index contributed by atoms with van der Waals surface area (Å²) in [5.41, 5.74) is 0.482. The van der Waals surface area contributed by atoms with Gasteiger partial charge in [-0.2, -0.15) is 0 Å². The van der Waals surface area contributed by atoms with Gasteiger partial charge in [0.05, 0.1) is 19.8 Å². The van der Waals surface area contributed by atoms with Crippen LogP contribution in [0.5, 0.6) is 11.5 Å². The first kappa shape index (κ1) is 10.7. The van der Waals surface area contributed by atoms with Crippen LogP contribution in [-0.2, 0) is 0 Å². The van der Waals surface area contributed by atoms with Crippen LogP contribution in [0.15, 0.2) is 23.4 Å². The number of nitrogens with zero attached hydrogens (tertiary/aromatic N) is 1. The van der Waals surface area contributed by atoms with Crippen molar-refractivity contribution in [3.8, 4) is 11.5 Å². The Bertz CT molecular complexity index is 352. The Balaban J connectivity index is 3.21. The molecule has 76 valence electrons. The van der Waals surface area contributed by atoms with Gasteiger partial charge in [-0.15, -0.1) is 0 Å². The minimum absolute atomic E-state index is 0.0410. The Labute approximate surface area is 86.7 Å². The van der Waals surface area contributed by atoms with Crippen LogP contribution in [0.2, 0.25) is 0 Å². The standard InChI is InChI=1S/C9H10ClNO3/c1-13-6-3-4-8(14-2)7(5-6)9(10)11-12/h3-5,12H,1-2H3/b11-9+. The second kappa shape index (κ2) is 4.72. The molecule has 0 bridgehead atoms. The van der Waals surface area contributed by atoms with Crippen molar-refractivity contribution in [2.45, 2.75) is 0 Å². The minimum Gasteiger partial charge on any atom is -0.497 e. The van der Waals surface area contributed by atoms with Gasteiger partial charge in [-0.25, -0.2) is 0 Å². The third-order valence-electron chi connectivity index (χ3n) is 1.72. The number of hydrogen-bond acceptors (Lipinski definition) is 4. The van der Waals surface area contributed by atoms with Gasteiger partial charge >= 0.3 is 0 Å². The zero-order chi connectivity index (χ0) is 10.6. The van der Waals surface area contributed by atoms with Gasteiger partial charge in [0.25, 0.3) is 0 Å². The smallest absolute Gasteiger partial charge is 0.179 e. The van der Waals surface area contributed by atoms with E-state index in [1.807, 2.05) is 0 Å². The Morgan fingerprint density at radius 1 is 1.36 bits per heavy atom. The average Bonchev–Trinajstić information content (AvgIpc) is 2.27. The first-order chi connectivity index (χ1) is 6.72. The van der Waals surface area contributed by atoms with Crippen LogP contribution in [0.1, 0.15) is 5.56 Å². The minimum atomic E-state index is -0.0410. The van der Waals surface area contributed by atoms with Crippen molar-refractivity contribution in [1.29, 1.82) is 0 Å². The molecule has 0 amide bonds. The Morgan fingerprint density at radius 2 is 2.07 bits per heavy atom. The quantitative estimate of drug-likeness (QED) is 0.477. The molecule has 0 unspecified atom stereocenters. The van der Waals surface area contributed by atoms with E-state index in [1.54, 1.807) is 18.2 Å². The summed E-state index contributed by atoms with van der Waals surface area (Å²) >= 11 is 5.67. The van der Waals surface area contributed by atoms with Gasteiger partial charge in [0.2, 0.25) is 0 Å². The number of hydrogen-bond donors (Lipinski definition) is 1. The molecule has 1 N–H and O–H groups in total. The van der Waals surface area contributed by atoms with Crippen molar-refractivity contribution in [2.75, 3.05) is 14.2 Å². The predicted octanol–water partition coefficient (Wildman–Crippen LogP) is 2.08. The molecule has 0 aliphatic heterocycles. The molecule has 0 radical (unpaired) electrons. The molecule has 0 aromatic heterocycles. The molecule has 0 aliphatic carbocycles. The topological polar surface area (TPSA) is 51.0 Å². The van der Waals surface area contributed by atoms with Crippen molar-refractivity contribution < 1.29 is 14.7 Å². The van der Waals surface area contributed by atoms with Crippen LogP contribution >= 0.6 is 11.6 Å². The molecule has 0 aliphatic rings. The molecule has 4 nitrogen and oxygen atoms in total. The van der Waals surface area contributed by atoms with Crippen LogP contribution in [0.25, 0.3) is 0 Å². The van der Waals surface area contributed by atoms with E-state index in [-0.39, 0.29) is 5.17 Å². The van der Waals surface area contributed by atoms with E-state index < -0.39 is 0 Å². The van der Waals surface area contributed by atoms with E-state index in [4.69, 9.17) is 26.3 Å². The van der Waals surface area contributed by atoms with Crippen LogP contribution in [0, 0.1) is 0 Å². The Morgan fingerprint density at radius 3 is 2.57 bits per heavy atom. The van der Waals surface area contributed by atoms with Crippen LogP contribution < -0.4 is 9.47 Å². The molecule has 1 rings (SSSR count). The molecule has 14 heavy (non-hydrogen) atoms. The van der Waals surface area contributed by atoms with E-state index in [2.05, 4.69) is 5.16 Å². The molecular weight excluding hydrogens is 206 g/mol. The molecule has 0 spiro atoms. The number of benzene rings is 1. The summed E-state index contributed by atoms with van der Waals surface area (Å²) in [6, 6.07) is 5.03. The van der Waals surface area contributed by atoms with E-state index in [9.17, 15) is 0 Å². The van der Waals surface area contributed by atoms with Gasteiger partial charge in [-0.05, 0) is 18.2 Å². The fourth-order valence-corrected chi connectivity index (χ4v) is 1.18. The van der Waals surface area contributed by atoms with Crippen molar-refractivity contribution in [3.05, 3.63) is 23.8 Å². The molecule has 1 aromatic carbocycles. The van der Waals surface area contributed by atoms with Gasteiger partial charge in [-0.1, -0.05) is 16.8 Å². The van der Waals surface area contributed by atoms with E-state index in [0.29, 0.717) is 17.1 Å². The Hall–Kier alpha value is -1.42. The van der Waals surface area contributed by atoms with Crippen LogP contribution in [-0.4, -0.2) is 24.6 Å². The third-order valence-corrected chi connectivity index (χ3v) is 2.00. The summed E-state index contributed by atoms with van der Waals surface area (Å²) in [7, 11) is 3.04. The molecule has 0 heterocycles. The van der Waals surface area contributed by atoms with Gasteiger partial charge < -0.3 is 14.7 Å². The largest absolute Gasteiger partial charge is 0.497 e. The second-order valence-electron chi connectivity index (χ2n) is 2.46. The van der Waals surface area contributed by atoms with Gasteiger partial charge in [0, 0.05) is 0 Å². The van der Waals surface area contributed by atoms with Crippen molar-refractivity contribution >= 4 is 16.8 Å².